The Balaban J connectivity index is 3.13. The number of amides is 1. The third-order valence-corrected chi connectivity index (χ3v) is 2.88. The molecule has 0 aromatic carbocycles. The summed E-state index contributed by atoms with van der Waals surface area (Å²) in [5, 5.41) is 0.368. The number of rotatable bonds is 5. The van der Waals surface area contributed by atoms with Gasteiger partial charge in [0, 0.05) is 17.9 Å². The number of hydrogen-bond acceptors (Lipinski definition) is 3. The van der Waals surface area contributed by atoms with Crippen molar-refractivity contribution in [3.8, 4) is 5.88 Å². The van der Waals surface area contributed by atoms with Crippen LogP contribution in [0.1, 0.15) is 31.7 Å². The van der Waals surface area contributed by atoms with Crippen LogP contribution < -0.4 is 10.5 Å². The van der Waals surface area contributed by atoms with Crippen molar-refractivity contribution >= 4 is 17.5 Å². The first kappa shape index (κ1) is 13.8. The van der Waals surface area contributed by atoms with Gasteiger partial charge in [-0.15, -0.1) is 0 Å². The number of halogens is 1. The third kappa shape index (κ3) is 3.60. The Morgan fingerprint density at radius 3 is 2.65 bits per heavy atom. The Hall–Kier alpha value is -1.29. The van der Waals surface area contributed by atoms with Crippen LogP contribution in [0.25, 0.3) is 0 Å². The van der Waals surface area contributed by atoms with Gasteiger partial charge in [0.15, 0.2) is 0 Å². The summed E-state index contributed by atoms with van der Waals surface area (Å²) in [6, 6.07) is 3.53. The molecule has 0 aliphatic carbocycles. The van der Waals surface area contributed by atoms with Crippen molar-refractivity contribution in [2.24, 2.45) is 11.7 Å². The molecule has 1 rings (SSSR count). The van der Waals surface area contributed by atoms with Gasteiger partial charge >= 0.3 is 0 Å². The molecule has 0 fully saturated rings. The predicted octanol–water partition coefficient (Wildman–Crippen LogP) is 2.36. The number of ether oxygens (including phenoxy) is 1. The average molecular weight is 257 g/mol. The maximum absolute atomic E-state index is 11.1. The van der Waals surface area contributed by atoms with Crippen LogP contribution in [0.4, 0.5) is 0 Å². The van der Waals surface area contributed by atoms with E-state index in [0.717, 1.165) is 5.56 Å². The SMILES string of the molecule is COc1nc(Cl)ccc1C(CC(N)=O)C(C)C. The van der Waals surface area contributed by atoms with Gasteiger partial charge in [-0.05, 0) is 12.0 Å². The summed E-state index contributed by atoms with van der Waals surface area (Å²) in [5.41, 5.74) is 6.13. The molecule has 94 valence electrons. The Bertz CT molecular complexity index is 407. The summed E-state index contributed by atoms with van der Waals surface area (Å²) < 4.78 is 5.19. The van der Waals surface area contributed by atoms with Gasteiger partial charge < -0.3 is 10.5 Å². The van der Waals surface area contributed by atoms with Crippen LogP contribution in [0, 0.1) is 5.92 Å². The summed E-state index contributed by atoms with van der Waals surface area (Å²) in [6.45, 7) is 4.06. The van der Waals surface area contributed by atoms with E-state index in [0.29, 0.717) is 11.0 Å². The largest absolute Gasteiger partial charge is 0.481 e. The minimum absolute atomic E-state index is 0.00721. The number of pyridine rings is 1. The molecule has 5 heteroatoms. The third-order valence-electron chi connectivity index (χ3n) is 2.67. The smallest absolute Gasteiger partial charge is 0.218 e. The van der Waals surface area contributed by atoms with Crippen molar-refractivity contribution in [1.82, 2.24) is 4.98 Å². The van der Waals surface area contributed by atoms with Crippen LogP contribution in [0.3, 0.4) is 0 Å². The van der Waals surface area contributed by atoms with Gasteiger partial charge in [-0.1, -0.05) is 31.5 Å². The van der Waals surface area contributed by atoms with Crippen LogP contribution >= 0.6 is 11.6 Å². The van der Waals surface area contributed by atoms with E-state index in [1.165, 1.54) is 7.11 Å². The molecular formula is C12H17ClN2O2. The molecule has 1 heterocycles. The number of nitrogens with two attached hydrogens (primary N) is 1. The molecule has 4 nitrogen and oxygen atoms in total. The molecule has 17 heavy (non-hydrogen) atoms. The van der Waals surface area contributed by atoms with Crippen molar-refractivity contribution < 1.29 is 9.53 Å². The highest BCUT2D eigenvalue weighted by Gasteiger charge is 2.22. The maximum Gasteiger partial charge on any atom is 0.218 e. The first-order valence-electron chi connectivity index (χ1n) is 5.44. The van der Waals surface area contributed by atoms with Crippen LogP contribution in [0.2, 0.25) is 5.15 Å². The molecule has 0 radical (unpaired) electrons. The zero-order valence-corrected chi connectivity index (χ0v) is 11.0. The Labute approximate surface area is 106 Å². The van der Waals surface area contributed by atoms with E-state index in [4.69, 9.17) is 22.1 Å². The molecule has 1 unspecified atom stereocenters. The number of carbonyl (C=O) groups is 1. The minimum atomic E-state index is -0.333. The molecule has 1 amide bonds. The molecular weight excluding hydrogens is 240 g/mol. The van der Waals surface area contributed by atoms with Crippen molar-refractivity contribution in [3.05, 3.63) is 22.8 Å². The fraction of sp³-hybridized carbons (Fsp3) is 0.500. The highest BCUT2D eigenvalue weighted by atomic mass is 35.5. The van der Waals surface area contributed by atoms with Gasteiger partial charge in [-0.2, -0.15) is 0 Å². The maximum atomic E-state index is 11.1. The van der Waals surface area contributed by atoms with E-state index in [9.17, 15) is 4.79 Å². The van der Waals surface area contributed by atoms with E-state index in [2.05, 4.69) is 4.98 Å². The number of aromatic nitrogens is 1. The summed E-state index contributed by atoms with van der Waals surface area (Å²) in [5.74, 6) is 0.379. The van der Waals surface area contributed by atoms with Gasteiger partial charge in [0.05, 0.1) is 7.11 Å². The first-order valence-corrected chi connectivity index (χ1v) is 5.82. The van der Waals surface area contributed by atoms with Gasteiger partial charge in [0.25, 0.3) is 0 Å². The molecule has 0 aliphatic rings. The zero-order valence-electron chi connectivity index (χ0n) is 10.2. The lowest BCUT2D eigenvalue weighted by Crippen LogP contribution is -2.19. The van der Waals surface area contributed by atoms with Crippen LogP contribution in [-0.2, 0) is 4.79 Å². The first-order chi connectivity index (χ1) is 7.95. The lowest BCUT2D eigenvalue weighted by atomic mass is 9.86. The number of hydrogen-bond donors (Lipinski definition) is 1. The highest BCUT2D eigenvalue weighted by Crippen LogP contribution is 2.33. The fourth-order valence-corrected chi connectivity index (χ4v) is 1.94. The normalized spacial score (nSPS) is 12.5. The van der Waals surface area contributed by atoms with Crippen LogP contribution in [-0.4, -0.2) is 18.0 Å². The van der Waals surface area contributed by atoms with Gasteiger partial charge in [0.2, 0.25) is 11.8 Å². The van der Waals surface area contributed by atoms with E-state index in [1.54, 1.807) is 6.07 Å². The topological polar surface area (TPSA) is 65.2 Å². The second-order valence-electron chi connectivity index (χ2n) is 4.25. The number of primary amides is 1. The monoisotopic (exact) mass is 256 g/mol. The van der Waals surface area contributed by atoms with E-state index in [-0.39, 0.29) is 24.2 Å². The molecule has 0 spiro atoms. The minimum Gasteiger partial charge on any atom is -0.481 e. The Morgan fingerprint density at radius 2 is 2.18 bits per heavy atom. The molecule has 0 saturated heterocycles. The Morgan fingerprint density at radius 1 is 1.53 bits per heavy atom. The van der Waals surface area contributed by atoms with Crippen molar-refractivity contribution in [2.45, 2.75) is 26.2 Å². The highest BCUT2D eigenvalue weighted by molar-refractivity contribution is 6.29. The molecule has 1 aromatic rings. The predicted molar refractivity (Wildman–Crippen MR) is 67.2 cm³/mol. The van der Waals surface area contributed by atoms with Crippen molar-refractivity contribution in [1.29, 1.82) is 0 Å². The Kier molecular flexibility index (Phi) is 4.75. The summed E-state index contributed by atoms with van der Waals surface area (Å²) >= 11 is 5.80. The standard InChI is InChI=1S/C12H17ClN2O2/c1-7(2)9(6-11(14)16)8-4-5-10(13)15-12(8)17-3/h4-5,7,9H,6H2,1-3H3,(H2,14,16). The molecule has 0 bridgehead atoms. The molecule has 0 aliphatic heterocycles. The lowest BCUT2D eigenvalue weighted by molar-refractivity contribution is -0.118. The van der Waals surface area contributed by atoms with Gasteiger partial charge in [0.1, 0.15) is 5.15 Å². The molecule has 1 atom stereocenters. The van der Waals surface area contributed by atoms with E-state index in [1.807, 2.05) is 19.9 Å². The van der Waals surface area contributed by atoms with Crippen molar-refractivity contribution in [3.63, 3.8) is 0 Å². The quantitative estimate of drug-likeness (QED) is 0.823. The second-order valence-corrected chi connectivity index (χ2v) is 4.64. The molecule has 0 saturated carbocycles. The molecule has 2 N–H and O–H groups in total. The number of carbonyl (C=O) groups excluding carboxylic acids is 1. The van der Waals surface area contributed by atoms with Crippen molar-refractivity contribution in [2.75, 3.05) is 7.11 Å². The van der Waals surface area contributed by atoms with E-state index >= 15 is 0 Å². The number of methoxy groups -OCH3 is 1. The average Bonchev–Trinajstić information content (AvgIpc) is 2.25. The van der Waals surface area contributed by atoms with Crippen LogP contribution in [0.5, 0.6) is 5.88 Å². The number of nitrogens with zero attached hydrogens (tertiary/aromatic N) is 1. The van der Waals surface area contributed by atoms with E-state index < -0.39 is 0 Å². The van der Waals surface area contributed by atoms with Gasteiger partial charge in [-0.25, -0.2) is 4.98 Å². The lowest BCUT2D eigenvalue weighted by Gasteiger charge is -2.21. The van der Waals surface area contributed by atoms with Crippen LogP contribution in [0.15, 0.2) is 12.1 Å². The van der Waals surface area contributed by atoms with Gasteiger partial charge in [-0.3, -0.25) is 4.79 Å². The summed E-state index contributed by atoms with van der Waals surface area (Å²) in [7, 11) is 1.53. The second kappa shape index (κ2) is 5.87. The summed E-state index contributed by atoms with van der Waals surface area (Å²) in [6.07, 6.45) is 0.275. The summed E-state index contributed by atoms with van der Waals surface area (Å²) in [4.78, 5) is 15.2. The fourth-order valence-electron chi connectivity index (χ4n) is 1.80. The zero-order chi connectivity index (χ0) is 13.0. The molecule has 1 aromatic heterocycles.